The number of sulfonamides is 1. The van der Waals surface area contributed by atoms with Gasteiger partial charge in [-0.2, -0.15) is 0 Å². The molecule has 1 aromatic rings. The highest BCUT2D eigenvalue weighted by Gasteiger charge is 2.18. The molecule has 1 aromatic carbocycles. The van der Waals surface area contributed by atoms with Crippen molar-refractivity contribution in [1.82, 2.24) is 15.4 Å². The van der Waals surface area contributed by atoms with Crippen LogP contribution in [0.25, 0.3) is 0 Å². The van der Waals surface area contributed by atoms with Crippen molar-refractivity contribution < 1.29 is 17.6 Å². The van der Waals surface area contributed by atoms with Crippen LogP contribution in [0.2, 0.25) is 0 Å². The summed E-state index contributed by atoms with van der Waals surface area (Å²) in [4.78, 5) is 11.3. The highest BCUT2D eigenvalue weighted by molar-refractivity contribution is 7.89. The predicted molar refractivity (Wildman–Crippen MR) is 92.1 cm³/mol. The Morgan fingerprint density at radius 1 is 1.33 bits per heavy atom. The summed E-state index contributed by atoms with van der Waals surface area (Å²) in [5.41, 5.74) is 0. The van der Waals surface area contributed by atoms with Gasteiger partial charge in [-0.05, 0) is 44.0 Å². The second-order valence-corrected chi connectivity index (χ2v) is 7.33. The first-order valence-electron chi connectivity index (χ1n) is 7.70. The van der Waals surface area contributed by atoms with Crippen LogP contribution in [0.15, 0.2) is 29.2 Å². The van der Waals surface area contributed by atoms with Crippen LogP contribution in [-0.4, -0.2) is 40.5 Å². The smallest absolute Gasteiger partial charge is 0.243 e. The number of piperidine rings is 1. The summed E-state index contributed by atoms with van der Waals surface area (Å²) in [5, 5.41) is 6.07. The molecule has 0 spiro atoms. The van der Waals surface area contributed by atoms with E-state index < -0.39 is 20.7 Å². The van der Waals surface area contributed by atoms with E-state index in [1.807, 2.05) is 0 Å². The predicted octanol–water partition coefficient (Wildman–Crippen LogP) is 1.03. The van der Waals surface area contributed by atoms with Crippen LogP contribution in [0.4, 0.5) is 4.39 Å². The Morgan fingerprint density at radius 3 is 2.75 bits per heavy atom. The van der Waals surface area contributed by atoms with E-state index in [1.165, 1.54) is 18.2 Å². The van der Waals surface area contributed by atoms with Gasteiger partial charge in [-0.15, -0.1) is 12.4 Å². The van der Waals surface area contributed by atoms with Crippen LogP contribution in [0.5, 0.6) is 0 Å². The second-order valence-electron chi connectivity index (χ2n) is 5.59. The summed E-state index contributed by atoms with van der Waals surface area (Å²) in [6, 6.07) is 5.14. The van der Waals surface area contributed by atoms with Crippen molar-refractivity contribution in [2.45, 2.75) is 24.2 Å². The van der Waals surface area contributed by atoms with Gasteiger partial charge < -0.3 is 10.6 Å². The number of hydrogen-bond acceptors (Lipinski definition) is 4. The molecule has 0 saturated carbocycles. The van der Waals surface area contributed by atoms with Gasteiger partial charge in [0, 0.05) is 19.5 Å². The Bertz CT molecular complexity index is 637. The number of carbonyl (C=O) groups excluding carboxylic acids is 1. The fourth-order valence-corrected chi connectivity index (χ4v) is 3.59. The van der Waals surface area contributed by atoms with Crippen molar-refractivity contribution in [3.8, 4) is 0 Å². The maximum absolute atomic E-state index is 13.5. The Hall–Kier alpha value is -1.22. The molecular weight excluding hydrogens is 357 g/mol. The monoisotopic (exact) mass is 379 g/mol. The summed E-state index contributed by atoms with van der Waals surface area (Å²) in [7, 11) is -3.94. The van der Waals surface area contributed by atoms with Gasteiger partial charge in [0.2, 0.25) is 15.9 Å². The lowest BCUT2D eigenvalue weighted by Gasteiger charge is -2.22. The topological polar surface area (TPSA) is 87.3 Å². The van der Waals surface area contributed by atoms with Gasteiger partial charge in [0.25, 0.3) is 0 Å². The number of carbonyl (C=O) groups is 1. The van der Waals surface area contributed by atoms with Gasteiger partial charge >= 0.3 is 0 Å². The first kappa shape index (κ1) is 20.8. The third kappa shape index (κ3) is 6.35. The fourth-order valence-electron chi connectivity index (χ4n) is 2.48. The Balaban J connectivity index is 0.00000288. The van der Waals surface area contributed by atoms with Crippen LogP contribution in [0, 0.1) is 11.7 Å². The summed E-state index contributed by atoms with van der Waals surface area (Å²) in [6.45, 7) is 2.43. The fraction of sp³-hybridized carbons (Fsp3) is 0.533. The first-order chi connectivity index (χ1) is 11.0. The van der Waals surface area contributed by atoms with Crippen molar-refractivity contribution in [2.75, 3.05) is 26.2 Å². The lowest BCUT2D eigenvalue weighted by Crippen LogP contribution is -2.39. The Kier molecular flexibility index (Phi) is 8.61. The van der Waals surface area contributed by atoms with Gasteiger partial charge in [0.1, 0.15) is 10.7 Å². The molecule has 0 aromatic heterocycles. The number of hydrogen-bond donors (Lipinski definition) is 3. The molecule has 3 N–H and O–H groups in total. The minimum absolute atomic E-state index is 0. The molecule has 1 atom stereocenters. The van der Waals surface area contributed by atoms with E-state index >= 15 is 0 Å². The molecule has 24 heavy (non-hydrogen) atoms. The molecule has 0 aliphatic carbocycles. The van der Waals surface area contributed by atoms with Gasteiger partial charge in [-0.3, -0.25) is 4.79 Å². The first-order valence-corrected chi connectivity index (χ1v) is 9.19. The number of amides is 1. The SMILES string of the molecule is Cl.O=C(CCNS(=O)(=O)c1ccccc1F)NCC1CCCNC1. The van der Waals surface area contributed by atoms with E-state index in [4.69, 9.17) is 0 Å². The maximum Gasteiger partial charge on any atom is 0.243 e. The highest BCUT2D eigenvalue weighted by Crippen LogP contribution is 2.13. The summed E-state index contributed by atoms with van der Waals surface area (Å²) < 4.78 is 39.6. The van der Waals surface area contributed by atoms with Crippen LogP contribution in [0.1, 0.15) is 19.3 Å². The van der Waals surface area contributed by atoms with Crippen molar-refractivity contribution in [3.05, 3.63) is 30.1 Å². The quantitative estimate of drug-likeness (QED) is 0.660. The molecule has 1 saturated heterocycles. The molecular formula is C15H23ClFN3O3S. The molecule has 0 radical (unpaired) electrons. The molecule has 136 valence electrons. The number of benzene rings is 1. The third-order valence-corrected chi connectivity index (χ3v) is 5.25. The zero-order chi connectivity index (χ0) is 16.7. The van der Waals surface area contributed by atoms with E-state index in [9.17, 15) is 17.6 Å². The van der Waals surface area contributed by atoms with E-state index in [0.29, 0.717) is 12.5 Å². The van der Waals surface area contributed by atoms with Crippen LogP contribution >= 0.6 is 12.4 Å². The number of rotatable bonds is 7. The average Bonchev–Trinajstić information content (AvgIpc) is 2.54. The van der Waals surface area contributed by atoms with Crippen molar-refractivity contribution in [3.63, 3.8) is 0 Å². The van der Waals surface area contributed by atoms with Gasteiger partial charge in [-0.25, -0.2) is 17.5 Å². The maximum atomic E-state index is 13.5. The summed E-state index contributed by atoms with van der Waals surface area (Å²) in [6.07, 6.45) is 2.20. The molecule has 0 bridgehead atoms. The molecule has 1 aliphatic heterocycles. The van der Waals surface area contributed by atoms with Crippen molar-refractivity contribution >= 4 is 28.3 Å². The minimum atomic E-state index is -3.94. The molecule has 1 aliphatic rings. The van der Waals surface area contributed by atoms with E-state index in [-0.39, 0.29) is 31.3 Å². The van der Waals surface area contributed by atoms with Gasteiger partial charge in [0.05, 0.1) is 0 Å². The largest absolute Gasteiger partial charge is 0.356 e. The molecule has 9 heteroatoms. The van der Waals surface area contributed by atoms with Crippen molar-refractivity contribution in [2.24, 2.45) is 5.92 Å². The van der Waals surface area contributed by atoms with E-state index in [2.05, 4.69) is 15.4 Å². The number of nitrogens with one attached hydrogen (secondary N) is 3. The van der Waals surface area contributed by atoms with E-state index in [0.717, 1.165) is 32.0 Å². The molecule has 1 fully saturated rings. The molecule has 1 amide bonds. The summed E-state index contributed by atoms with van der Waals surface area (Å²) >= 11 is 0. The molecule has 2 rings (SSSR count). The average molecular weight is 380 g/mol. The second kappa shape index (κ2) is 9.93. The van der Waals surface area contributed by atoms with Gasteiger partial charge in [0.15, 0.2) is 0 Å². The standard InChI is InChI=1S/C15H22FN3O3S.ClH/c16-13-5-1-2-6-14(13)23(21,22)19-9-7-15(20)18-11-12-4-3-8-17-10-12;/h1-2,5-6,12,17,19H,3-4,7-11H2,(H,18,20);1H. The van der Waals surface area contributed by atoms with Crippen molar-refractivity contribution in [1.29, 1.82) is 0 Å². The molecule has 1 heterocycles. The minimum Gasteiger partial charge on any atom is -0.356 e. The Morgan fingerprint density at radius 2 is 2.08 bits per heavy atom. The van der Waals surface area contributed by atoms with Crippen LogP contribution in [-0.2, 0) is 14.8 Å². The lowest BCUT2D eigenvalue weighted by molar-refractivity contribution is -0.121. The van der Waals surface area contributed by atoms with E-state index in [1.54, 1.807) is 0 Å². The normalized spacial score (nSPS) is 17.8. The summed E-state index contributed by atoms with van der Waals surface area (Å²) in [5.74, 6) is -0.608. The van der Waals surface area contributed by atoms with Crippen LogP contribution in [0.3, 0.4) is 0 Å². The van der Waals surface area contributed by atoms with Crippen LogP contribution < -0.4 is 15.4 Å². The number of halogens is 2. The molecule has 1 unspecified atom stereocenters. The highest BCUT2D eigenvalue weighted by atomic mass is 35.5. The lowest BCUT2D eigenvalue weighted by atomic mass is 10.00. The van der Waals surface area contributed by atoms with Gasteiger partial charge in [-0.1, -0.05) is 12.1 Å². The third-order valence-electron chi connectivity index (χ3n) is 3.76. The zero-order valence-corrected chi connectivity index (χ0v) is 14.9. The zero-order valence-electron chi connectivity index (χ0n) is 13.3. The Labute approximate surface area is 148 Å². The molecule has 6 nitrogen and oxygen atoms in total.